The monoisotopic (exact) mass is 467 g/mol. The third-order valence-electron chi connectivity index (χ3n) is 6.30. The Labute approximate surface area is 198 Å². The maximum absolute atomic E-state index is 13.1. The van der Waals surface area contributed by atoms with Gasteiger partial charge in [-0.25, -0.2) is 0 Å². The number of carbonyl (C=O) groups is 1. The predicted octanol–water partition coefficient (Wildman–Crippen LogP) is 5.30. The third kappa shape index (κ3) is 5.42. The van der Waals surface area contributed by atoms with E-state index in [2.05, 4.69) is 34.5 Å². The van der Waals surface area contributed by atoms with Gasteiger partial charge < -0.3 is 10.2 Å². The number of nitrogens with one attached hydrogen (secondary N) is 1. The molecular weight excluding hydrogens is 439 g/mol. The number of hydrogen-bond donors (Lipinski definition) is 1. The first kappa shape index (κ1) is 23.8. The van der Waals surface area contributed by atoms with Gasteiger partial charge >= 0.3 is 6.18 Å². The first-order chi connectivity index (χ1) is 16.2. The van der Waals surface area contributed by atoms with Gasteiger partial charge in [0.1, 0.15) is 0 Å². The summed E-state index contributed by atoms with van der Waals surface area (Å²) >= 11 is 0. The molecule has 0 aliphatic carbocycles. The van der Waals surface area contributed by atoms with Crippen molar-refractivity contribution in [2.45, 2.75) is 25.2 Å². The van der Waals surface area contributed by atoms with E-state index in [1.165, 1.54) is 23.3 Å². The maximum Gasteiger partial charge on any atom is 0.416 e. The molecule has 7 heteroatoms. The summed E-state index contributed by atoms with van der Waals surface area (Å²) in [4.78, 5) is 17.1. The van der Waals surface area contributed by atoms with E-state index in [4.69, 9.17) is 0 Å². The predicted molar refractivity (Wildman–Crippen MR) is 128 cm³/mol. The number of carbonyl (C=O) groups excluding carboxylic acids is 1. The highest BCUT2D eigenvalue weighted by atomic mass is 19.4. The zero-order chi connectivity index (χ0) is 24.3. The number of hydrogen-bond acceptors (Lipinski definition) is 3. The van der Waals surface area contributed by atoms with Crippen molar-refractivity contribution < 1.29 is 18.0 Å². The second-order valence-corrected chi connectivity index (χ2v) is 8.78. The second-order valence-electron chi connectivity index (χ2n) is 8.78. The molecule has 0 saturated carbocycles. The summed E-state index contributed by atoms with van der Waals surface area (Å²) in [6, 6.07) is 20.9. The Balaban J connectivity index is 1.56. The van der Waals surface area contributed by atoms with Crippen LogP contribution >= 0.6 is 0 Å². The highest BCUT2D eigenvalue weighted by molar-refractivity contribution is 5.94. The SMILES string of the molecule is CN(C)c1ccc([C@@H](CNC(=O)c2cccc(C(F)(F)F)c2)N2CCc3ccccc3C2)cc1. The van der Waals surface area contributed by atoms with Gasteiger partial charge in [-0.2, -0.15) is 13.2 Å². The lowest BCUT2D eigenvalue weighted by Crippen LogP contribution is -2.40. The molecule has 4 nitrogen and oxygen atoms in total. The molecule has 1 aliphatic heterocycles. The molecule has 0 fully saturated rings. The molecule has 3 aromatic carbocycles. The van der Waals surface area contributed by atoms with Crippen LogP contribution in [0.1, 0.15) is 38.7 Å². The Morgan fingerprint density at radius 2 is 1.71 bits per heavy atom. The first-order valence-electron chi connectivity index (χ1n) is 11.3. The van der Waals surface area contributed by atoms with Gasteiger partial charge in [0.25, 0.3) is 5.91 Å². The maximum atomic E-state index is 13.1. The quantitative estimate of drug-likeness (QED) is 0.534. The molecule has 3 aromatic rings. The number of amides is 1. The number of anilines is 1. The highest BCUT2D eigenvalue weighted by Gasteiger charge is 2.31. The standard InChI is InChI=1S/C27H28F3N3O/c1-32(2)24-12-10-20(11-13-24)25(33-15-14-19-6-3-4-7-22(19)18-33)17-31-26(34)21-8-5-9-23(16-21)27(28,29)30/h3-13,16,25H,14-15,17-18H2,1-2H3,(H,31,34)/t25-/m1/s1. The van der Waals surface area contributed by atoms with E-state index in [1.807, 2.05) is 43.3 Å². The van der Waals surface area contributed by atoms with E-state index in [1.54, 1.807) is 0 Å². The van der Waals surface area contributed by atoms with Crippen molar-refractivity contribution in [1.82, 2.24) is 10.2 Å². The van der Waals surface area contributed by atoms with Gasteiger partial charge in [0.05, 0.1) is 11.6 Å². The zero-order valence-corrected chi connectivity index (χ0v) is 19.3. The Bertz CT molecular complexity index is 1140. The summed E-state index contributed by atoms with van der Waals surface area (Å²) in [5, 5.41) is 2.88. The van der Waals surface area contributed by atoms with E-state index in [-0.39, 0.29) is 11.6 Å². The number of alkyl halides is 3. The van der Waals surface area contributed by atoms with E-state index >= 15 is 0 Å². The van der Waals surface area contributed by atoms with Crippen LogP contribution in [-0.2, 0) is 19.1 Å². The largest absolute Gasteiger partial charge is 0.416 e. The molecule has 178 valence electrons. The summed E-state index contributed by atoms with van der Waals surface area (Å²) in [6.07, 6.45) is -3.59. The van der Waals surface area contributed by atoms with E-state index in [9.17, 15) is 18.0 Å². The molecule has 0 saturated heterocycles. The average molecular weight is 468 g/mol. The Morgan fingerprint density at radius 3 is 2.38 bits per heavy atom. The van der Waals surface area contributed by atoms with Crippen LogP contribution in [0.4, 0.5) is 18.9 Å². The Hall–Kier alpha value is -3.32. The first-order valence-corrected chi connectivity index (χ1v) is 11.3. The summed E-state index contributed by atoms with van der Waals surface area (Å²) in [5.74, 6) is -0.515. The van der Waals surface area contributed by atoms with Gasteiger partial charge in [0, 0.05) is 45.0 Å². The van der Waals surface area contributed by atoms with Crippen molar-refractivity contribution in [3.8, 4) is 0 Å². The van der Waals surface area contributed by atoms with Crippen molar-refractivity contribution >= 4 is 11.6 Å². The van der Waals surface area contributed by atoms with Crippen LogP contribution in [-0.4, -0.2) is 38.0 Å². The molecule has 4 rings (SSSR count). The smallest absolute Gasteiger partial charge is 0.378 e. The fraction of sp³-hybridized carbons (Fsp3) is 0.296. The van der Waals surface area contributed by atoms with Crippen LogP contribution < -0.4 is 10.2 Å². The normalized spacial score (nSPS) is 14.9. The van der Waals surface area contributed by atoms with Crippen molar-refractivity contribution in [3.63, 3.8) is 0 Å². The molecule has 0 aromatic heterocycles. The fourth-order valence-electron chi connectivity index (χ4n) is 4.36. The van der Waals surface area contributed by atoms with E-state index in [0.717, 1.165) is 42.9 Å². The second kappa shape index (κ2) is 9.89. The lowest BCUT2D eigenvalue weighted by Gasteiger charge is -2.36. The lowest BCUT2D eigenvalue weighted by molar-refractivity contribution is -0.137. The van der Waals surface area contributed by atoms with Gasteiger partial charge in [-0.1, -0.05) is 42.5 Å². The van der Waals surface area contributed by atoms with Crippen molar-refractivity contribution in [1.29, 1.82) is 0 Å². The van der Waals surface area contributed by atoms with Gasteiger partial charge in [-0.3, -0.25) is 9.69 Å². The molecule has 34 heavy (non-hydrogen) atoms. The average Bonchev–Trinajstić information content (AvgIpc) is 2.84. The topological polar surface area (TPSA) is 35.6 Å². The number of rotatable bonds is 6. The molecule has 1 heterocycles. The van der Waals surface area contributed by atoms with Gasteiger partial charge in [0.15, 0.2) is 0 Å². The van der Waals surface area contributed by atoms with Crippen LogP contribution in [0.25, 0.3) is 0 Å². The summed E-state index contributed by atoms with van der Waals surface area (Å²) in [5.41, 5.74) is 3.87. The van der Waals surface area contributed by atoms with E-state index in [0.29, 0.717) is 6.54 Å². The molecule has 1 N–H and O–H groups in total. The van der Waals surface area contributed by atoms with Gasteiger partial charge in [-0.15, -0.1) is 0 Å². The van der Waals surface area contributed by atoms with Crippen molar-refractivity contribution in [2.75, 3.05) is 32.1 Å². The van der Waals surface area contributed by atoms with Crippen LogP contribution in [0.5, 0.6) is 0 Å². The minimum atomic E-state index is -4.49. The molecular formula is C27H28F3N3O. The van der Waals surface area contributed by atoms with Crippen LogP contribution in [0.15, 0.2) is 72.8 Å². The number of halogens is 3. The molecule has 1 atom stereocenters. The van der Waals surface area contributed by atoms with Crippen molar-refractivity contribution in [2.24, 2.45) is 0 Å². The molecule has 0 bridgehead atoms. The Kier molecular flexibility index (Phi) is 6.93. The van der Waals surface area contributed by atoms with Crippen LogP contribution in [0.2, 0.25) is 0 Å². The summed E-state index contributed by atoms with van der Waals surface area (Å²) in [7, 11) is 3.95. The minimum Gasteiger partial charge on any atom is -0.378 e. The van der Waals surface area contributed by atoms with Gasteiger partial charge in [0.2, 0.25) is 0 Å². The molecule has 0 radical (unpaired) electrons. The third-order valence-corrected chi connectivity index (χ3v) is 6.30. The minimum absolute atomic E-state index is 0.000482. The number of fused-ring (bicyclic) bond motifs is 1. The highest BCUT2D eigenvalue weighted by Crippen LogP contribution is 2.30. The van der Waals surface area contributed by atoms with Crippen LogP contribution in [0, 0.1) is 0 Å². The van der Waals surface area contributed by atoms with Crippen LogP contribution in [0.3, 0.4) is 0 Å². The lowest BCUT2D eigenvalue weighted by atomic mass is 9.96. The zero-order valence-electron chi connectivity index (χ0n) is 19.3. The molecule has 1 aliphatic rings. The van der Waals surface area contributed by atoms with Gasteiger partial charge in [-0.05, 0) is 53.4 Å². The fourth-order valence-corrected chi connectivity index (χ4v) is 4.36. The number of benzene rings is 3. The Morgan fingerprint density at radius 1 is 1.00 bits per heavy atom. The summed E-state index contributed by atoms with van der Waals surface area (Å²) in [6.45, 7) is 1.87. The van der Waals surface area contributed by atoms with Crippen molar-refractivity contribution in [3.05, 3.63) is 101 Å². The van der Waals surface area contributed by atoms with E-state index < -0.39 is 17.6 Å². The molecule has 0 spiro atoms. The molecule has 1 amide bonds. The summed E-state index contributed by atoms with van der Waals surface area (Å²) < 4.78 is 39.2. The molecule has 0 unspecified atom stereocenters. The number of nitrogens with zero attached hydrogens (tertiary/aromatic N) is 2.